The summed E-state index contributed by atoms with van der Waals surface area (Å²) in [5, 5.41) is 11.8. The lowest BCUT2D eigenvalue weighted by Crippen LogP contribution is -2.48. The van der Waals surface area contributed by atoms with Gasteiger partial charge in [-0.3, -0.25) is 0 Å². The molecule has 1 aliphatic rings. The normalized spacial score (nSPS) is 23.0. The van der Waals surface area contributed by atoms with E-state index in [1.54, 1.807) is 6.20 Å². The Labute approximate surface area is 122 Å². The molecule has 2 unspecified atom stereocenters. The van der Waals surface area contributed by atoms with Crippen molar-refractivity contribution in [3.63, 3.8) is 0 Å². The Bertz CT molecular complexity index is 795. The van der Waals surface area contributed by atoms with E-state index < -0.39 is 0 Å². The molecule has 0 spiro atoms. The van der Waals surface area contributed by atoms with Crippen LogP contribution in [0.3, 0.4) is 0 Å². The molecule has 1 fully saturated rings. The Morgan fingerprint density at radius 2 is 2.24 bits per heavy atom. The topological polar surface area (TPSA) is 83.7 Å². The number of anilines is 1. The number of nitrogens with zero attached hydrogens (tertiary/aromatic N) is 4. The first-order valence-corrected chi connectivity index (χ1v) is 7.34. The van der Waals surface area contributed by atoms with Gasteiger partial charge in [0.05, 0.1) is 6.20 Å². The smallest absolute Gasteiger partial charge is 0.160 e. The maximum Gasteiger partial charge on any atom is 0.160 e. The van der Waals surface area contributed by atoms with Crippen LogP contribution < -0.4 is 10.6 Å². The number of fused-ring (bicyclic) bond motifs is 3. The van der Waals surface area contributed by atoms with Crippen molar-refractivity contribution in [1.82, 2.24) is 20.2 Å². The number of H-pyrrole nitrogens is 1. The van der Waals surface area contributed by atoms with Gasteiger partial charge in [0.2, 0.25) is 0 Å². The van der Waals surface area contributed by atoms with Crippen LogP contribution in [0.1, 0.15) is 19.8 Å². The Kier molecular flexibility index (Phi) is 2.78. The number of piperidine rings is 1. The van der Waals surface area contributed by atoms with Crippen LogP contribution in [0.4, 0.5) is 5.82 Å². The number of rotatable bonds is 1. The van der Waals surface area contributed by atoms with E-state index in [0.717, 1.165) is 47.0 Å². The molecule has 6 heteroatoms. The Hall–Kier alpha value is -2.21. The number of nitrogens with two attached hydrogens (primary N) is 1. The van der Waals surface area contributed by atoms with Crippen molar-refractivity contribution in [2.75, 3.05) is 11.4 Å². The van der Waals surface area contributed by atoms with E-state index in [-0.39, 0.29) is 6.04 Å². The number of pyridine rings is 1. The molecule has 1 aliphatic heterocycles. The summed E-state index contributed by atoms with van der Waals surface area (Å²) in [5.41, 5.74) is 7.03. The van der Waals surface area contributed by atoms with Crippen LogP contribution in [0, 0.1) is 0 Å². The number of hydrogen-bond donors (Lipinski definition) is 2. The van der Waals surface area contributed by atoms with E-state index in [0.29, 0.717) is 6.04 Å². The van der Waals surface area contributed by atoms with Gasteiger partial charge in [-0.25, -0.2) is 4.98 Å². The Balaban J connectivity index is 1.97. The third-order valence-electron chi connectivity index (χ3n) is 4.38. The fourth-order valence-electron chi connectivity index (χ4n) is 3.20. The van der Waals surface area contributed by atoms with Gasteiger partial charge in [-0.05, 0) is 25.8 Å². The maximum atomic E-state index is 6.15. The molecule has 4 heterocycles. The van der Waals surface area contributed by atoms with Crippen molar-refractivity contribution in [2.45, 2.75) is 31.8 Å². The number of aromatic amines is 1. The molecule has 0 amide bonds. The van der Waals surface area contributed by atoms with E-state index in [1.165, 1.54) is 0 Å². The van der Waals surface area contributed by atoms with Gasteiger partial charge in [-0.1, -0.05) is 0 Å². The van der Waals surface area contributed by atoms with Crippen LogP contribution in [0.25, 0.3) is 21.8 Å². The Morgan fingerprint density at radius 1 is 1.33 bits per heavy atom. The average molecular weight is 282 g/mol. The second-order valence-corrected chi connectivity index (χ2v) is 5.84. The second kappa shape index (κ2) is 4.66. The summed E-state index contributed by atoms with van der Waals surface area (Å²) in [6, 6.07) is 2.67. The summed E-state index contributed by atoms with van der Waals surface area (Å²) in [4.78, 5) is 9.87. The zero-order chi connectivity index (χ0) is 14.4. The molecule has 108 valence electrons. The lowest BCUT2D eigenvalue weighted by atomic mass is 9.99. The fraction of sp³-hybridized carbons (Fsp3) is 0.400. The van der Waals surface area contributed by atoms with Crippen molar-refractivity contribution in [1.29, 1.82) is 0 Å². The molecule has 21 heavy (non-hydrogen) atoms. The predicted octanol–water partition coefficient (Wildman–Crippen LogP) is 1.82. The van der Waals surface area contributed by atoms with Gasteiger partial charge in [0.25, 0.3) is 0 Å². The van der Waals surface area contributed by atoms with Gasteiger partial charge in [0, 0.05) is 47.2 Å². The van der Waals surface area contributed by atoms with Crippen molar-refractivity contribution in [2.24, 2.45) is 5.73 Å². The van der Waals surface area contributed by atoms with E-state index in [9.17, 15) is 0 Å². The lowest BCUT2D eigenvalue weighted by Gasteiger charge is -2.37. The average Bonchev–Trinajstić information content (AvgIpc) is 2.98. The van der Waals surface area contributed by atoms with E-state index in [1.807, 2.05) is 18.5 Å². The summed E-state index contributed by atoms with van der Waals surface area (Å²) in [7, 11) is 0. The van der Waals surface area contributed by atoms with E-state index >= 15 is 0 Å². The molecule has 3 N–H and O–H groups in total. The van der Waals surface area contributed by atoms with Crippen LogP contribution in [0.5, 0.6) is 0 Å². The molecule has 0 aromatic carbocycles. The first-order chi connectivity index (χ1) is 10.2. The van der Waals surface area contributed by atoms with Gasteiger partial charge < -0.3 is 15.6 Å². The zero-order valence-corrected chi connectivity index (χ0v) is 12.0. The molecular formula is C15H18N6. The van der Waals surface area contributed by atoms with Crippen LogP contribution in [-0.4, -0.2) is 38.8 Å². The molecule has 2 atom stereocenters. The van der Waals surface area contributed by atoms with Crippen LogP contribution >= 0.6 is 0 Å². The van der Waals surface area contributed by atoms with Crippen molar-refractivity contribution in [3.05, 3.63) is 24.7 Å². The summed E-state index contributed by atoms with van der Waals surface area (Å²) in [6.45, 7) is 3.05. The quantitative estimate of drug-likeness (QED) is 0.711. The highest BCUT2D eigenvalue weighted by atomic mass is 15.3. The largest absolute Gasteiger partial charge is 0.350 e. The molecule has 1 saturated heterocycles. The third-order valence-corrected chi connectivity index (χ3v) is 4.38. The molecular weight excluding hydrogens is 264 g/mol. The first-order valence-electron chi connectivity index (χ1n) is 7.34. The summed E-state index contributed by atoms with van der Waals surface area (Å²) in [5.74, 6) is 0.919. The van der Waals surface area contributed by atoms with Crippen LogP contribution in [0.15, 0.2) is 24.7 Å². The molecule has 0 bridgehead atoms. The summed E-state index contributed by atoms with van der Waals surface area (Å²) >= 11 is 0. The SMILES string of the molecule is CC1CCC(N)CN1c1nncc2cnc3[nH]ccc3c12. The maximum absolute atomic E-state index is 6.15. The highest BCUT2D eigenvalue weighted by Gasteiger charge is 2.26. The third kappa shape index (κ3) is 1.94. The Morgan fingerprint density at radius 3 is 3.14 bits per heavy atom. The minimum Gasteiger partial charge on any atom is -0.350 e. The second-order valence-electron chi connectivity index (χ2n) is 5.84. The standard InChI is InChI=1S/C15H18N6/c1-9-2-3-11(16)8-21(9)15-13-10(7-19-20-15)6-18-14-12(13)4-5-17-14/h4-7,9,11H,2-3,8,16H2,1H3,(H,17,18). The van der Waals surface area contributed by atoms with Gasteiger partial charge in [0.1, 0.15) is 5.65 Å². The predicted molar refractivity (Wildman–Crippen MR) is 83.2 cm³/mol. The van der Waals surface area contributed by atoms with Gasteiger partial charge in [0.15, 0.2) is 5.82 Å². The molecule has 3 aromatic rings. The summed E-state index contributed by atoms with van der Waals surface area (Å²) in [6.07, 6.45) is 7.68. The number of nitrogens with one attached hydrogen (secondary N) is 1. The molecule has 0 aliphatic carbocycles. The highest BCUT2D eigenvalue weighted by molar-refractivity contribution is 6.10. The van der Waals surface area contributed by atoms with Gasteiger partial charge in [-0.15, -0.1) is 5.10 Å². The molecule has 0 radical (unpaired) electrons. The molecule has 3 aromatic heterocycles. The lowest BCUT2D eigenvalue weighted by molar-refractivity contribution is 0.434. The van der Waals surface area contributed by atoms with Gasteiger partial charge >= 0.3 is 0 Å². The van der Waals surface area contributed by atoms with Crippen LogP contribution in [0.2, 0.25) is 0 Å². The van der Waals surface area contributed by atoms with E-state index in [2.05, 4.69) is 32.0 Å². The number of aromatic nitrogens is 4. The van der Waals surface area contributed by atoms with Crippen molar-refractivity contribution >= 4 is 27.6 Å². The highest BCUT2D eigenvalue weighted by Crippen LogP contribution is 2.32. The minimum atomic E-state index is 0.196. The van der Waals surface area contributed by atoms with E-state index in [4.69, 9.17) is 5.73 Å². The molecule has 0 saturated carbocycles. The van der Waals surface area contributed by atoms with Gasteiger partial charge in [-0.2, -0.15) is 5.10 Å². The number of hydrogen-bond acceptors (Lipinski definition) is 5. The van der Waals surface area contributed by atoms with Crippen molar-refractivity contribution < 1.29 is 0 Å². The molecule has 6 nitrogen and oxygen atoms in total. The zero-order valence-electron chi connectivity index (χ0n) is 12.0. The monoisotopic (exact) mass is 282 g/mol. The first kappa shape index (κ1) is 12.5. The summed E-state index contributed by atoms with van der Waals surface area (Å²) < 4.78 is 0. The molecule has 4 rings (SSSR count). The van der Waals surface area contributed by atoms with Crippen molar-refractivity contribution in [3.8, 4) is 0 Å². The minimum absolute atomic E-state index is 0.196. The van der Waals surface area contributed by atoms with Crippen LogP contribution in [-0.2, 0) is 0 Å². The fourth-order valence-corrected chi connectivity index (χ4v) is 3.20.